The zero-order valence-corrected chi connectivity index (χ0v) is 17.0. The molecular formula is C19H21FN4O2S2. The Balaban J connectivity index is 1.45. The summed E-state index contributed by atoms with van der Waals surface area (Å²) < 4.78 is 43.9. The molecule has 1 fully saturated rings. The van der Waals surface area contributed by atoms with E-state index in [9.17, 15) is 12.8 Å². The molecule has 2 unspecified atom stereocenters. The van der Waals surface area contributed by atoms with Gasteiger partial charge in [-0.3, -0.25) is 4.98 Å². The summed E-state index contributed by atoms with van der Waals surface area (Å²) in [6.07, 6.45) is 4.52. The van der Waals surface area contributed by atoms with E-state index < -0.39 is 16.2 Å². The predicted molar refractivity (Wildman–Crippen MR) is 107 cm³/mol. The van der Waals surface area contributed by atoms with E-state index in [0.29, 0.717) is 18.7 Å². The molecule has 0 bridgehead atoms. The summed E-state index contributed by atoms with van der Waals surface area (Å²) in [6, 6.07) is 8.42. The van der Waals surface area contributed by atoms with Crippen LogP contribution in [0.15, 0.2) is 59.0 Å². The highest BCUT2D eigenvalue weighted by molar-refractivity contribution is 7.99. The number of nitrogens with zero attached hydrogens (tertiary/aromatic N) is 4. The van der Waals surface area contributed by atoms with E-state index in [1.807, 2.05) is 23.9 Å². The van der Waals surface area contributed by atoms with Gasteiger partial charge in [-0.25, -0.2) is 17.8 Å². The summed E-state index contributed by atoms with van der Waals surface area (Å²) in [5.74, 6) is 0.399. The quantitative estimate of drug-likeness (QED) is 0.594. The molecule has 0 N–H and O–H groups in total. The van der Waals surface area contributed by atoms with E-state index in [4.69, 9.17) is 0 Å². The van der Waals surface area contributed by atoms with Crippen LogP contribution in [0.4, 0.5) is 4.39 Å². The minimum atomic E-state index is -3.73. The fraction of sp³-hybridized carbons (Fsp3) is 0.368. The average molecular weight is 421 g/mol. The number of thioether (sulfide) groups is 1. The van der Waals surface area contributed by atoms with Gasteiger partial charge in [0.25, 0.3) is 0 Å². The normalized spacial score (nSPS) is 21.2. The molecule has 1 aliphatic rings. The fourth-order valence-electron chi connectivity index (χ4n) is 3.37. The minimum absolute atomic E-state index is 0.112. The van der Waals surface area contributed by atoms with Crippen molar-refractivity contribution in [1.29, 1.82) is 0 Å². The average Bonchev–Trinajstić information content (AvgIpc) is 3.11. The maximum Gasteiger partial charge on any atom is 0.243 e. The van der Waals surface area contributed by atoms with Gasteiger partial charge in [-0.1, -0.05) is 17.8 Å². The molecule has 1 saturated heterocycles. The number of benzene rings is 1. The van der Waals surface area contributed by atoms with Gasteiger partial charge in [-0.05, 0) is 30.7 Å². The lowest BCUT2D eigenvalue weighted by Gasteiger charge is -2.33. The van der Waals surface area contributed by atoms with Crippen molar-refractivity contribution in [1.82, 2.24) is 18.8 Å². The molecule has 2 aromatic heterocycles. The summed E-state index contributed by atoms with van der Waals surface area (Å²) in [7, 11) is -1.83. The van der Waals surface area contributed by atoms with Crippen molar-refractivity contribution in [2.45, 2.75) is 22.6 Å². The maximum atomic E-state index is 14.8. The SMILES string of the molecule is Cn1ccnc1SCC1CCN(S(=O)(=O)c2ccc3ncccc3c2)CC1F. The summed E-state index contributed by atoms with van der Waals surface area (Å²) in [5, 5.41) is 1.59. The van der Waals surface area contributed by atoms with Crippen molar-refractivity contribution in [3.05, 3.63) is 48.9 Å². The van der Waals surface area contributed by atoms with Gasteiger partial charge in [-0.2, -0.15) is 4.31 Å². The Morgan fingerprint density at radius 2 is 2.11 bits per heavy atom. The Kier molecular flexibility index (Phi) is 5.39. The van der Waals surface area contributed by atoms with Crippen molar-refractivity contribution in [3.8, 4) is 0 Å². The van der Waals surface area contributed by atoms with E-state index in [0.717, 1.165) is 16.1 Å². The van der Waals surface area contributed by atoms with E-state index in [1.165, 1.54) is 16.1 Å². The lowest BCUT2D eigenvalue weighted by Crippen LogP contribution is -2.45. The molecule has 0 aliphatic carbocycles. The van der Waals surface area contributed by atoms with Crippen molar-refractivity contribution in [2.75, 3.05) is 18.8 Å². The summed E-state index contributed by atoms with van der Waals surface area (Å²) >= 11 is 1.51. The summed E-state index contributed by atoms with van der Waals surface area (Å²) in [6.45, 7) is 0.207. The largest absolute Gasteiger partial charge is 0.329 e. The number of piperidine rings is 1. The Morgan fingerprint density at radius 3 is 2.86 bits per heavy atom. The number of hydrogen-bond acceptors (Lipinski definition) is 5. The van der Waals surface area contributed by atoms with Crippen LogP contribution in [0.3, 0.4) is 0 Å². The number of imidazole rings is 1. The molecule has 3 aromatic rings. The van der Waals surface area contributed by atoms with Crippen LogP contribution in [0.2, 0.25) is 0 Å². The Bertz CT molecular complexity index is 1090. The molecule has 0 saturated carbocycles. The third-order valence-electron chi connectivity index (χ3n) is 5.05. The highest BCUT2D eigenvalue weighted by atomic mass is 32.2. The first-order valence-electron chi connectivity index (χ1n) is 9.04. The number of fused-ring (bicyclic) bond motifs is 1. The number of alkyl halides is 1. The molecule has 0 amide bonds. The third-order valence-corrected chi connectivity index (χ3v) is 8.16. The van der Waals surface area contributed by atoms with E-state index in [2.05, 4.69) is 9.97 Å². The van der Waals surface area contributed by atoms with Gasteiger partial charge >= 0.3 is 0 Å². The van der Waals surface area contributed by atoms with Gasteiger partial charge in [0.1, 0.15) is 6.17 Å². The number of halogens is 1. The van der Waals surface area contributed by atoms with E-state index >= 15 is 0 Å². The van der Waals surface area contributed by atoms with Crippen LogP contribution in [-0.4, -0.2) is 52.3 Å². The summed E-state index contributed by atoms with van der Waals surface area (Å²) in [5.41, 5.74) is 0.731. The lowest BCUT2D eigenvalue weighted by atomic mass is 9.98. The van der Waals surface area contributed by atoms with Crippen molar-refractivity contribution >= 4 is 32.7 Å². The van der Waals surface area contributed by atoms with Gasteiger partial charge in [0.2, 0.25) is 10.0 Å². The molecule has 1 aromatic carbocycles. The molecule has 9 heteroatoms. The second-order valence-corrected chi connectivity index (χ2v) is 9.84. The first kappa shape index (κ1) is 19.4. The molecule has 6 nitrogen and oxygen atoms in total. The molecule has 1 aliphatic heterocycles. The Morgan fingerprint density at radius 1 is 1.25 bits per heavy atom. The van der Waals surface area contributed by atoms with E-state index in [1.54, 1.807) is 36.7 Å². The second kappa shape index (κ2) is 7.81. The molecule has 0 radical (unpaired) electrons. The molecule has 2 atom stereocenters. The highest BCUT2D eigenvalue weighted by Crippen LogP contribution is 2.30. The number of aryl methyl sites for hydroxylation is 1. The molecule has 4 rings (SSSR count). The van der Waals surface area contributed by atoms with Crippen LogP contribution >= 0.6 is 11.8 Å². The molecule has 28 heavy (non-hydrogen) atoms. The van der Waals surface area contributed by atoms with Gasteiger partial charge < -0.3 is 4.57 Å². The monoisotopic (exact) mass is 420 g/mol. The van der Waals surface area contributed by atoms with Gasteiger partial charge in [0.15, 0.2) is 5.16 Å². The van der Waals surface area contributed by atoms with Crippen LogP contribution in [-0.2, 0) is 17.1 Å². The van der Waals surface area contributed by atoms with Gasteiger partial charge in [0.05, 0.1) is 10.4 Å². The fourth-order valence-corrected chi connectivity index (χ4v) is 6.00. The van der Waals surface area contributed by atoms with E-state index in [-0.39, 0.29) is 17.4 Å². The van der Waals surface area contributed by atoms with Gasteiger partial charge in [0, 0.05) is 55.8 Å². The predicted octanol–water partition coefficient (Wildman–Crippen LogP) is 3.11. The third kappa shape index (κ3) is 3.78. The lowest BCUT2D eigenvalue weighted by molar-refractivity contribution is 0.146. The molecule has 3 heterocycles. The first-order chi connectivity index (χ1) is 13.4. The zero-order chi connectivity index (χ0) is 19.7. The molecular weight excluding hydrogens is 399 g/mol. The maximum absolute atomic E-state index is 14.8. The highest BCUT2D eigenvalue weighted by Gasteiger charge is 2.36. The number of hydrogen-bond donors (Lipinski definition) is 0. The minimum Gasteiger partial charge on any atom is -0.329 e. The second-order valence-electron chi connectivity index (χ2n) is 6.92. The van der Waals surface area contributed by atoms with Crippen molar-refractivity contribution in [2.24, 2.45) is 13.0 Å². The van der Waals surface area contributed by atoms with Crippen molar-refractivity contribution in [3.63, 3.8) is 0 Å². The zero-order valence-electron chi connectivity index (χ0n) is 15.4. The number of rotatable bonds is 5. The van der Waals surface area contributed by atoms with Crippen LogP contribution in [0, 0.1) is 5.92 Å². The first-order valence-corrected chi connectivity index (χ1v) is 11.5. The van der Waals surface area contributed by atoms with Crippen LogP contribution in [0.1, 0.15) is 6.42 Å². The van der Waals surface area contributed by atoms with Crippen molar-refractivity contribution < 1.29 is 12.8 Å². The molecule has 148 valence electrons. The summed E-state index contributed by atoms with van der Waals surface area (Å²) in [4.78, 5) is 8.63. The number of aromatic nitrogens is 3. The van der Waals surface area contributed by atoms with Crippen LogP contribution in [0.5, 0.6) is 0 Å². The number of sulfonamides is 1. The molecule has 0 spiro atoms. The van der Waals surface area contributed by atoms with Crippen LogP contribution < -0.4 is 0 Å². The standard InChI is InChI=1S/C19H21FN4O2S2/c1-23-10-8-22-19(23)27-13-15-6-9-24(12-17(15)20)28(25,26)16-4-5-18-14(11-16)3-2-7-21-18/h2-5,7-8,10-11,15,17H,6,9,12-13H2,1H3. The van der Waals surface area contributed by atoms with Crippen LogP contribution in [0.25, 0.3) is 10.9 Å². The smallest absolute Gasteiger partial charge is 0.243 e. The topological polar surface area (TPSA) is 68.1 Å². The number of pyridine rings is 1. The van der Waals surface area contributed by atoms with Gasteiger partial charge in [-0.15, -0.1) is 0 Å². The Labute approximate surface area is 167 Å². The Hall–Kier alpha value is -1.97.